The quantitative estimate of drug-likeness (QED) is 0.524. The van der Waals surface area contributed by atoms with Gasteiger partial charge in [0.05, 0.1) is 0 Å². The molecule has 0 spiro atoms. The Morgan fingerprint density at radius 3 is 1.91 bits per heavy atom. The Bertz CT molecular complexity index is 184. The molecule has 1 aliphatic carbocycles. The topological polar surface area (TPSA) is 17.1 Å². The average Bonchev–Trinajstić information content (AvgIpc) is 1.80. The van der Waals surface area contributed by atoms with Gasteiger partial charge in [0.1, 0.15) is 5.78 Å². The summed E-state index contributed by atoms with van der Waals surface area (Å²) < 4.78 is 0. The van der Waals surface area contributed by atoms with Crippen molar-refractivity contribution < 1.29 is 4.79 Å². The van der Waals surface area contributed by atoms with Crippen LogP contribution in [0.4, 0.5) is 0 Å². The number of Topliss-reactive ketones (excluding diaryl/α,β-unsaturated/α-hetero) is 1. The zero-order chi connectivity index (χ0) is 8.86. The second-order valence-corrected chi connectivity index (χ2v) is 5.27. The van der Waals surface area contributed by atoms with Crippen LogP contribution in [-0.4, -0.2) is 5.78 Å². The van der Waals surface area contributed by atoms with Gasteiger partial charge in [0, 0.05) is 11.8 Å². The zero-order valence-corrected chi connectivity index (χ0v) is 8.19. The van der Waals surface area contributed by atoms with E-state index in [1.807, 2.05) is 0 Å². The highest BCUT2D eigenvalue weighted by Gasteiger charge is 2.51. The summed E-state index contributed by atoms with van der Waals surface area (Å²) in [6.45, 7) is 10.8. The molecule has 0 radical (unpaired) electrons. The van der Waals surface area contributed by atoms with Gasteiger partial charge in [0.2, 0.25) is 0 Å². The van der Waals surface area contributed by atoms with Crippen molar-refractivity contribution in [2.75, 3.05) is 0 Å². The number of carbonyl (C=O) groups is 1. The van der Waals surface area contributed by atoms with Crippen molar-refractivity contribution in [3.63, 3.8) is 0 Å². The molecule has 1 heteroatoms. The molecule has 64 valence electrons. The number of hydrogen-bond donors (Lipinski definition) is 0. The summed E-state index contributed by atoms with van der Waals surface area (Å²) in [5, 5.41) is 0. The van der Waals surface area contributed by atoms with Crippen molar-refractivity contribution in [1.82, 2.24) is 0 Å². The molecule has 1 unspecified atom stereocenters. The number of rotatable bonds is 0. The van der Waals surface area contributed by atoms with E-state index < -0.39 is 0 Å². The third kappa shape index (κ3) is 1.21. The van der Waals surface area contributed by atoms with Gasteiger partial charge in [-0.1, -0.05) is 34.6 Å². The normalized spacial score (nSPS) is 29.9. The summed E-state index contributed by atoms with van der Waals surface area (Å²) in [5.41, 5.74) is 0.232. The minimum atomic E-state index is -0.0573. The highest BCUT2D eigenvalue weighted by molar-refractivity contribution is 5.90. The van der Waals surface area contributed by atoms with Crippen molar-refractivity contribution in [1.29, 1.82) is 0 Å². The first-order valence-corrected chi connectivity index (χ1v) is 4.29. The molecule has 1 atom stereocenters. The van der Waals surface area contributed by atoms with E-state index in [4.69, 9.17) is 0 Å². The molecular weight excluding hydrogens is 136 g/mol. The van der Waals surface area contributed by atoms with E-state index in [0.29, 0.717) is 11.7 Å². The third-order valence-electron chi connectivity index (χ3n) is 3.02. The molecule has 1 fully saturated rings. The van der Waals surface area contributed by atoms with Crippen molar-refractivity contribution in [2.45, 2.75) is 41.0 Å². The maximum Gasteiger partial charge on any atom is 0.139 e. The van der Waals surface area contributed by atoms with E-state index in [2.05, 4.69) is 34.6 Å². The Morgan fingerprint density at radius 1 is 1.36 bits per heavy atom. The molecule has 1 rings (SSSR count). The first-order valence-electron chi connectivity index (χ1n) is 4.29. The molecule has 0 saturated heterocycles. The summed E-state index contributed by atoms with van der Waals surface area (Å²) in [6.07, 6.45) is 0.788. The van der Waals surface area contributed by atoms with E-state index >= 15 is 0 Å². The van der Waals surface area contributed by atoms with Crippen molar-refractivity contribution >= 4 is 5.78 Å². The lowest BCUT2D eigenvalue weighted by Gasteiger charge is -2.50. The predicted octanol–water partition coefficient (Wildman–Crippen LogP) is 2.65. The Morgan fingerprint density at radius 2 is 1.82 bits per heavy atom. The summed E-state index contributed by atoms with van der Waals surface area (Å²) in [6, 6.07) is 0. The third-order valence-corrected chi connectivity index (χ3v) is 3.02. The molecule has 1 aliphatic rings. The molecule has 0 aromatic carbocycles. The first kappa shape index (κ1) is 8.76. The highest BCUT2D eigenvalue weighted by Crippen LogP contribution is 2.51. The predicted molar refractivity (Wildman–Crippen MR) is 46.4 cm³/mol. The van der Waals surface area contributed by atoms with Gasteiger partial charge in [0.25, 0.3) is 0 Å². The second kappa shape index (κ2) is 2.09. The van der Waals surface area contributed by atoms with Gasteiger partial charge in [0.15, 0.2) is 0 Å². The molecule has 1 nitrogen and oxygen atoms in total. The second-order valence-electron chi connectivity index (χ2n) is 5.27. The Labute approximate surface area is 69.2 Å². The van der Waals surface area contributed by atoms with Gasteiger partial charge < -0.3 is 0 Å². The molecule has 1 saturated carbocycles. The molecule has 11 heavy (non-hydrogen) atoms. The van der Waals surface area contributed by atoms with Crippen LogP contribution in [0.15, 0.2) is 0 Å². The molecule has 0 heterocycles. The fraction of sp³-hybridized carbons (Fsp3) is 0.900. The molecule has 0 N–H and O–H groups in total. The lowest BCUT2D eigenvalue weighted by Crippen LogP contribution is -2.51. The lowest BCUT2D eigenvalue weighted by atomic mass is 9.53. The fourth-order valence-electron chi connectivity index (χ4n) is 2.16. The molecule has 0 aromatic heterocycles. The first-order chi connectivity index (χ1) is 4.76. The van der Waals surface area contributed by atoms with Crippen LogP contribution in [-0.2, 0) is 4.79 Å². The van der Waals surface area contributed by atoms with Gasteiger partial charge in [-0.15, -0.1) is 0 Å². The van der Waals surface area contributed by atoms with E-state index in [1.54, 1.807) is 0 Å². The van der Waals surface area contributed by atoms with Gasteiger partial charge in [-0.25, -0.2) is 0 Å². The van der Waals surface area contributed by atoms with Crippen LogP contribution in [0.1, 0.15) is 41.0 Å². The zero-order valence-electron chi connectivity index (χ0n) is 8.19. The van der Waals surface area contributed by atoms with Crippen molar-refractivity contribution in [2.24, 2.45) is 16.7 Å². The van der Waals surface area contributed by atoms with Crippen LogP contribution in [0.3, 0.4) is 0 Å². The fourth-order valence-corrected chi connectivity index (χ4v) is 2.16. The summed E-state index contributed by atoms with van der Waals surface area (Å²) in [5.74, 6) is 1.000. The lowest BCUT2D eigenvalue weighted by molar-refractivity contribution is -0.149. The van der Waals surface area contributed by atoms with Gasteiger partial charge in [-0.3, -0.25) is 4.79 Å². The summed E-state index contributed by atoms with van der Waals surface area (Å²) in [7, 11) is 0. The maximum atomic E-state index is 11.2. The van der Waals surface area contributed by atoms with E-state index in [-0.39, 0.29) is 10.8 Å². The van der Waals surface area contributed by atoms with Crippen molar-refractivity contribution in [3.8, 4) is 0 Å². The molecule has 0 bridgehead atoms. The Hall–Kier alpha value is -0.330. The summed E-state index contributed by atoms with van der Waals surface area (Å²) in [4.78, 5) is 11.2. The SMILES string of the molecule is CC(C)(C)C1CC(=O)C1(C)C. The Kier molecular flexibility index (Phi) is 1.66. The van der Waals surface area contributed by atoms with Crippen LogP contribution in [0.5, 0.6) is 0 Å². The Balaban J connectivity index is 2.75. The maximum absolute atomic E-state index is 11.2. The van der Waals surface area contributed by atoms with E-state index in [9.17, 15) is 4.79 Å². The molecular formula is C10H18O. The smallest absolute Gasteiger partial charge is 0.139 e. The van der Waals surface area contributed by atoms with Crippen LogP contribution in [0, 0.1) is 16.7 Å². The number of hydrogen-bond acceptors (Lipinski definition) is 1. The van der Waals surface area contributed by atoms with Gasteiger partial charge in [-0.2, -0.15) is 0 Å². The minimum absolute atomic E-state index is 0.0573. The van der Waals surface area contributed by atoms with Crippen LogP contribution in [0.2, 0.25) is 0 Å². The van der Waals surface area contributed by atoms with Gasteiger partial charge in [-0.05, 0) is 11.3 Å². The van der Waals surface area contributed by atoms with Crippen LogP contribution in [0.25, 0.3) is 0 Å². The molecule has 0 aromatic rings. The average molecular weight is 154 g/mol. The molecule has 0 amide bonds. The van der Waals surface area contributed by atoms with Crippen LogP contribution < -0.4 is 0 Å². The highest BCUT2D eigenvalue weighted by atomic mass is 16.1. The monoisotopic (exact) mass is 154 g/mol. The van der Waals surface area contributed by atoms with E-state index in [0.717, 1.165) is 6.42 Å². The summed E-state index contributed by atoms with van der Waals surface area (Å²) >= 11 is 0. The number of ketones is 1. The standard InChI is InChI=1S/C10H18O/c1-9(2,3)7-6-8(11)10(7,4)5/h7H,6H2,1-5H3. The van der Waals surface area contributed by atoms with Crippen molar-refractivity contribution in [3.05, 3.63) is 0 Å². The largest absolute Gasteiger partial charge is 0.299 e. The van der Waals surface area contributed by atoms with Crippen LogP contribution >= 0.6 is 0 Å². The molecule has 0 aliphatic heterocycles. The van der Waals surface area contributed by atoms with Gasteiger partial charge >= 0.3 is 0 Å². The van der Waals surface area contributed by atoms with E-state index in [1.165, 1.54) is 0 Å². The number of carbonyl (C=O) groups excluding carboxylic acids is 1. The minimum Gasteiger partial charge on any atom is -0.299 e.